The van der Waals surface area contributed by atoms with Gasteiger partial charge in [-0.05, 0) is 24.3 Å². The zero-order valence-corrected chi connectivity index (χ0v) is 13.7. The Morgan fingerprint density at radius 1 is 1.25 bits per heavy atom. The first kappa shape index (κ1) is 17.0. The molecule has 2 aromatic rings. The number of furan rings is 1. The number of aliphatic hydroxyl groups excluding tert-OH is 1. The van der Waals surface area contributed by atoms with Crippen molar-refractivity contribution in [3.05, 3.63) is 58.8 Å². The summed E-state index contributed by atoms with van der Waals surface area (Å²) in [6, 6.07) is 7.67. The first-order chi connectivity index (χ1) is 11.6. The third kappa shape index (κ3) is 3.61. The zero-order valence-electron chi connectivity index (χ0n) is 13.0. The van der Waals surface area contributed by atoms with E-state index in [-0.39, 0.29) is 10.6 Å². The number of halogens is 2. The van der Waals surface area contributed by atoms with Crippen molar-refractivity contribution < 1.29 is 18.7 Å². The molecule has 7 heteroatoms. The van der Waals surface area contributed by atoms with Crippen LogP contribution in [-0.4, -0.2) is 53.5 Å². The maximum absolute atomic E-state index is 13.9. The van der Waals surface area contributed by atoms with E-state index in [1.165, 1.54) is 24.5 Å². The van der Waals surface area contributed by atoms with Crippen molar-refractivity contribution in [2.24, 2.45) is 0 Å². The van der Waals surface area contributed by atoms with Gasteiger partial charge in [-0.1, -0.05) is 17.7 Å². The van der Waals surface area contributed by atoms with Gasteiger partial charge in [0.15, 0.2) is 0 Å². The molecule has 1 atom stereocenters. The van der Waals surface area contributed by atoms with Gasteiger partial charge in [0.25, 0.3) is 5.91 Å². The second-order valence-corrected chi connectivity index (χ2v) is 6.13. The summed E-state index contributed by atoms with van der Waals surface area (Å²) in [4.78, 5) is 16.1. The first-order valence-corrected chi connectivity index (χ1v) is 8.11. The molecule has 2 heterocycles. The van der Waals surface area contributed by atoms with Crippen molar-refractivity contribution in [1.82, 2.24) is 9.80 Å². The number of β-amino-alcohol motifs (C(OH)–C–C–N with tert-alkyl or cyclic N) is 1. The predicted octanol–water partition coefficient (Wildman–Crippen LogP) is 2.56. The highest BCUT2D eigenvalue weighted by molar-refractivity contribution is 6.33. The Morgan fingerprint density at radius 2 is 2.00 bits per heavy atom. The normalized spacial score (nSPS) is 17.0. The monoisotopic (exact) mass is 352 g/mol. The fourth-order valence-corrected chi connectivity index (χ4v) is 3.05. The van der Waals surface area contributed by atoms with Crippen LogP contribution in [0.1, 0.15) is 22.2 Å². The number of hydrogen-bond donors (Lipinski definition) is 1. The summed E-state index contributed by atoms with van der Waals surface area (Å²) in [5.74, 6) is -0.487. The molecule has 0 aliphatic carbocycles. The fraction of sp³-hybridized carbons (Fsp3) is 0.353. The minimum absolute atomic E-state index is 0.0803. The maximum Gasteiger partial charge on any atom is 0.258 e. The van der Waals surface area contributed by atoms with Crippen LogP contribution in [0.4, 0.5) is 4.39 Å². The average Bonchev–Trinajstić information content (AvgIpc) is 3.10. The highest BCUT2D eigenvalue weighted by Gasteiger charge is 2.27. The Labute approximate surface area is 144 Å². The molecule has 3 rings (SSSR count). The number of aliphatic hydroxyl groups is 1. The number of piperazine rings is 1. The number of benzene rings is 1. The lowest BCUT2D eigenvalue weighted by molar-refractivity contribution is 0.0483. The smallest absolute Gasteiger partial charge is 0.258 e. The van der Waals surface area contributed by atoms with Gasteiger partial charge in [-0.25, -0.2) is 4.39 Å². The van der Waals surface area contributed by atoms with Crippen molar-refractivity contribution in [3.63, 3.8) is 0 Å². The van der Waals surface area contributed by atoms with Gasteiger partial charge in [-0.2, -0.15) is 0 Å². The topological polar surface area (TPSA) is 56.9 Å². The molecule has 1 fully saturated rings. The van der Waals surface area contributed by atoms with E-state index in [1.807, 2.05) is 4.90 Å². The molecule has 1 amide bonds. The van der Waals surface area contributed by atoms with Crippen LogP contribution in [0, 0.1) is 5.82 Å². The molecule has 128 valence electrons. The molecule has 1 N–H and O–H groups in total. The Morgan fingerprint density at radius 3 is 2.62 bits per heavy atom. The summed E-state index contributed by atoms with van der Waals surface area (Å²) >= 11 is 5.96. The Kier molecular flexibility index (Phi) is 5.18. The molecule has 1 aromatic carbocycles. The van der Waals surface area contributed by atoms with E-state index in [1.54, 1.807) is 17.0 Å². The van der Waals surface area contributed by atoms with Gasteiger partial charge in [0, 0.05) is 32.7 Å². The number of carbonyl (C=O) groups is 1. The van der Waals surface area contributed by atoms with E-state index < -0.39 is 17.8 Å². The van der Waals surface area contributed by atoms with Gasteiger partial charge in [0.1, 0.15) is 17.7 Å². The molecule has 1 aromatic heterocycles. The van der Waals surface area contributed by atoms with Crippen LogP contribution in [0.25, 0.3) is 0 Å². The maximum atomic E-state index is 13.9. The number of nitrogens with zero attached hydrogens (tertiary/aromatic N) is 2. The number of carbonyl (C=O) groups excluding carboxylic acids is 1. The second kappa shape index (κ2) is 7.34. The highest BCUT2D eigenvalue weighted by atomic mass is 35.5. The summed E-state index contributed by atoms with van der Waals surface area (Å²) in [5, 5.41) is 10.2. The van der Waals surface area contributed by atoms with E-state index in [4.69, 9.17) is 16.0 Å². The molecule has 1 saturated heterocycles. The Bertz CT molecular complexity index is 680. The highest BCUT2D eigenvalue weighted by Crippen LogP contribution is 2.22. The lowest BCUT2D eigenvalue weighted by Gasteiger charge is -2.35. The predicted molar refractivity (Wildman–Crippen MR) is 87.4 cm³/mol. The van der Waals surface area contributed by atoms with E-state index in [2.05, 4.69) is 0 Å². The van der Waals surface area contributed by atoms with Crippen molar-refractivity contribution in [1.29, 1.82) is 0 Å². The van der Waals surface area contributed by atoms with Crippen LogP contribution >= 0.6 is 11.6 Å². The lowest BCUT2D eigenvalue weighted by atomic mass is 10.1. The summed E-state index contributed by atoms with van der Waals surface area (Å²) in [6.45, 7) is 2.52. The van der Waals surface area contributed by atoms with E-state index in [0.29, 0.717) is 38.5 Å². The molecule has 5 nitrogen and oxygen atoms in total. The van der Waals surface area contributed by atoms with Crippen LogP contribution in [0.15, 0.2) is 41.0 Å². The Hall–Kier alpha value is -1.89. The number of amides is 1. The van der Waals surface area contributed by atoms with Crippen molar-refractivity contribution in [2.75, 3.05) is 32.7 Å². The van der Waals surface area contributed by atoms with Gasteiger partial charge in [0.05, 0.1) is 16.8 Å². The van der Waals surface area contributed by atoms with Crippen LogP contribution in [-0.2, 0) is 0 Å². The molecular formula is C17H18ClFN2O3. The lowest BCUT2D eigenvalue weighted by Crippen LogP contribution is -2.49. The summed E-state index contributed by atoms with van der Waals surface area (Å²) in [7, 11) is 0. The molecule has 0 bridgehead atoms. The summed E-state index contributed by atoms with van der Waals surface area (Å²) < 4.78 is 19.1. The number of rotatable bonds is 4. The number of hydrogen-bond acceptors (Lipinski definition) is 4. The quantitative estimate of drug-likeness (QED) is 0.918. The fourth-order valence-electron chi connectivity index (χ4n) is 2.81. The summed E-state index contributed by atoms with van der Waals surface area (Å²) in [5.41, 5.74) is -0.0803. The Balaban J connectivity index is 1.58. The molecule has 0 unspecified atom stereocenters. The summed E-state index contributed by atoms with van der Waals surface area (Å²) in [6.07, 6.45) is 0.816. The minimum Gasteiger partial charge on any atom is -0.467 e. The molecule has 0 radical (unpaired) electrons. The molecular weight excluding hydrogens is 335 g/mol. The van der Waals surface area contributed by atoms with E-state index >= 15 is 0 Å². The van der Waals surface area contributed by atoms with E-state index in [9.17, 15) is 14.3 Å². The molecule has 1 aliphatic rings. The van der Waals surface area contributed by atoms with Gasteiger partial charge in [-0.3, -0.25) is 9.69 Å². The first-order valence-electron chi connectivity index (χ1n) is 7.73. The van der Waals surface area contributed by atoms with Gasteiger partial charge >= 0.3 is 0 Å². The standard InChI is InChI=1S/C17H18ClFN2O3/c18-12-3-1-4-13(19)16(12)17(23)21-8-6-20(7-9-21)11-14(22)15-5-2-10-24-15/h1-5,10,14,22H,6-9,11H2/t14-/m0/s1. The molecule has 0 spiro atoms. The van der Waals surface area contributed by atoms with E-state index in [0.717, 1.165) is 0 Å². The van der Waals surface area contributed by atoms with Crippen molar-refractivity contribution >= 4 is 17.5 Å². The molecule has 1 aliphatic heterocycles. The van der Waals surface area contributed by atoms with Gasteiger partial charge in [0.2, 0.25) is 0 Å². The van der Waals surface area contributed by atoms with Crippen molar-refractivity contribution in [3.8, 4) is 0 Å². The van der Waals surface area contributed by atoms with Gasteiger partial charge in [-0.15, -0.1) is 0 Å². The average molecular weight is 353 g/mol. The van der Waals surface area contributed by atoms with Gasteiger partial charge < -0.3 is 14.4 Å². The van der Waals surface area contributed by atoms with Crippen LogP contribution in [0.5, 0.6) is 0 Å². The SMILES string of the molecule is O=C(c1c(F)cccc1Cl)N1CCN(C[C@H](O)c2ccco2)CC1. The van der Waals surface area contributed by atoms with Crippen molar-refractivity contribution in [2.45, 2.75) is 6.10 Å². The molecule has 0 saturated carbocycles. The minimum atomic E-state index is -0.705. The molecule has 24 heavy (non-hydrogen) atoms. The second-order valence-electron chi connectivity index (χ2n) is 5.72. The van der Waals surface area contributed by atoms with Crippen LogP contribution in [0.3, 0.4) is 0 Å². The zero-order chi connectivity index (χ0) is 17.1. The van der Waals surface area contributed by atoms with Crippen LogP contribution < -0.4 is 0 Å². The largest absolute Gasteiger partial charge is 0.467 e. The third-order valence-corrected chi connectivity index (χ3v) is 4.45. The van der Waals surface area contributed by atoms with Crippen LogP contribution in [0.2, 0.25) is 5.02 Å². The third-order valence-electron chi connectivity index (χ3n) is 4.14.